The minimum Gasteiger partial charge on any atom is -0.460 e. The van der Waals surface area contributed by atoms with Crippen molar-refractivity contribution in [3.8, 4) is 0 Å². The molecule has 0 saturated carbocycles. The zero-order valence-corrected chi connectivity index (χ0v) is 10.8. The molecule has 4 nitrogen and oxygen atoms in total. The predicted molar refractivity (Wildman–Crippen MR) is 64.2 cm³/mol. The minimum absolute atomic E-state index is 0.130. The summed E-state index contributed by atoms with van der Waals surface area (Å²) in [5.41, 5.74) is 4.95. The largest absolute Gasteiger partial charge is 0.460 e. The predicted octanol–water partition coefficient (Wildman–Crippen LogP) is 1.86. The van der Waals surface area contributed by atoms with Gasteiger partial charge in [-0.3, -0.25) is 4.79 Å². The zero-order chi connectivity index (χ0) is 12.4. The fraction of sp³-hybridized carbons (Fsp3) is 0.917. The molecule has 16 heavy (non-hydrogen) atoms. The van der Waals surface area contributed by atoms with E-state index in [1.54, 1.807) is 0 Å². The quantitative estimate of drug-likeness (QED) is 0.511. The first-order valence-corrected chi connectivity index (χ1v) is 5.95. The van der Waals surface area contributed by atoms with Crippen molar-refractivity contribution in [1.29, 1.82) is 0 Å². The van der Waals surface area contributed by atoms with E-state index < -0.39 is 0 Å². The molecule has 0 aromatic heterocycles. The van der Waals surface area contributed by atoms with Crippen molar-refractivity contribution < 1.29 is 14.3 Å². The molecule has 0 aliphatic heterocycles. The summed E-state index contributed by atoms with van der Waals surface area (Å²) >= 11 is 0. The SMILES string of the molecule is CC(C)(C)OC(=O)CCCCOCCCN. The molecule has 0 heterocycles. The summed E-state index contributed by atoms with van der Waals surface area (Å²) in [6, 6.07) is 0. The summed E-state index contributed by atoms with van der Waals surface area (Å²) in [5, 5.41) is 0. The number of unbranched alkanes of at least 4 members (excludes halogenated alkanes) is 1. The summed E-state index contributed by atoms with van der Waals surface area (Å²) < 4.78 is 10.5. The molecule has 96 valence electrons. The minimum atomic E-state index is -0.380. The Hall–Kier alpha value is -0.610. The van der Waals surface area contributed by atoms with Gasteiger partial charge in [0.05, 0.1) is 0 Å². The standard InChI is InChI=1S/C12H25NO3/c1-12(2,3)16-11(14)7-4-5-9-15-10-6-8-13/h4-10,13H2,1-3H3. The van der Waals surface area contributed by atoms with Crippen molar-refractivity contribution in [1.82, 2.24) is 0 Å². The molecule has 0 radical (unpaired) electrons. The van der Waals surface area contributed by atoms with Crippen molar-refractivity contribution in [2.75, 3.05) is 19.8 Å². The molecule has 0 aromatic carbocycles. The number of nitrogens with two attached hydrogens (primary N) is 1. The second-order valence-electron chi connectivity index (χ2n) is 4.80. The van der Waals surface area contributed by atoms with Crippen LogP contribution in [0, 0.1) is 0 Å². The molecule has 4 heteroatoms. The van der Waals surface area contributed by atoms with E-state index in [2.05, 4.69) is 0 Å². The number of ether oxygens (including phenoxy) is 2. The second-order valence-corrected chi connectivity index (χ2v) is 4.80. The van der Waals surface area contributed by atoms with E-state index in [1.807, 2.05) is 20.8 Å². The van der Waals surface area contributed by atoms with Gasteiger partial charge in [-0.05, 0) is 46.6 Å². The summed E-state index contributed by atoms with van der Waals surface area (Å²) in [6.45, 7) is 7.70. The van der Waals surface area contributed by atoms with Crippen LogP contribution in [0.25, 0.3) is 0 Å². The van der Waals surface area contributed by atoms with Crippen LogP contribution in [0.5, 0.6) is 0 Å². The topological polar surface area (TPSA) is 61.5 Å². The third-order valence-corrected chi connectivity index (χ3v) is 1.83. The molecule has 0 atom stereocenters. The van der Waals surface area contributed by atoms with E-state index in [9.17, 15) is 4.79 Å². The van der Waals surface area contributed by atoms with E-state index in [1.165, 1.54) is 0 Å². The fourth-order valence-corrected chi connectivity index (χ4v) is 1.15. The second kappa shape index (κ2) is 8.53. The number of rotatable bonds is 8. The van der Waals surface area contributed by atoms with Gasteiger partial charge in [-0.25, -0.2) is 0 Å². The highest BCUT2D eigenvalue weighted by atomic mass is 16.6. The Balaban J connectivity index is 3.28. The van der Waals surface area contributed by atoms with Crippen molar-refractivity contribution in [2.45, 2.75) is 52.1 Å². The molecule has 0 unspecified atom stereocenters. The molecule has 0 spiro atoms. The van der Waals surface area contributed by atoms with Crippen LogP contribution in [0.3, 0.4) is 0 Å². The Bertz CT molecular complexity index is 187. The van der Waals surface area contributed by atoms with E-state index in [-0.39, 0.29) is 11.6 Å². The van der Waals surface area contributed by atoms with E-state index in [0.29, 0.717) is 26.2 Å². The Morgan fingerprint density at radius 2 is 1.75 bits per heavy atom. The molecule has 0 fully saturated rings. The van der Waals surface area contributed by atoms with E-state index in [4.69, 9.17) is 15.2 Å². The molecule has 0 saturated heterocycles. The summed E-state index contributed by atoms with van der Waals surface area (Å²) in [4.78, 5) is 11.3. The number of hydrogen-bond donors (Lipinski definition) is 1. The normalized spacial score (nSPS) is 11.5. The Morgan fingerprint density at radius 1 is 1.12 bits per heavy atom. The Morgan fingerprint density at radius 3 is 2.31 bits per heavy atom. The fourth-order valence-electron chi connectivity index (χ4n) is 1.15. The van der Waals surface area contributed by atoms with Gasteiger partial charge in [0.15, 0.2) is 0 Å². The summed E-state index contributed by atoms with van der Waals surface area (Å²) in [6.07, 6.45) is 3.07. The van der Waals surface area contributed by atoms with Crippen molar-refractivity contribution >= 4 is 5.97 Å². The Kier molecular flexibility index (Phi) is 8.21. The summed E-state index contributed by atoms with van der Waals surface area (Å²) in [5.74, 6) is -0.130. The highest BCUT2D eigenvalue weighted by Gasteiger charge is 2.15. The maximum atomic E-state index is 11.3. The van der Waals surface area contributed by atoms with Crippen LogP contribution < -0.4 is 5.73 Å². The number of carbonyl (C=O) groups excluding carboxylic acids is 1. The smallest absolute Gasteiger partial charge is 0.306 e. The molecular weight excluding hydrogens is 206 g/mol. The maximum absolute atomic E-state index is 11.3. The number of esters is 1. The van der Waals surface area contributed by atoms with Gasteiger partial charge in [-0.2, -0.15) is 0 Å². The third-order valence-electron chi connectivity index (χ3n) is 1.83. The van der Waals surface area contributed by atoms with Gasteiger partial charge in [-0.15, -0.1) is 0 Å². The molecule has 0 aromatic rings. The maximum Gasteiger partial charge on any atom is 0.306 e. The molecule has 0 aliphatic rings. The average molecular weight is 231 g/mol. The van der Waals surface area contributed by atoms with Gasteiger partial charge in [-0.1, -0.05) is 0 Å². The van der Waals surface area contributed by atoms with Crippen LogP contribution in [0.1, 0.15) is 46.5 Å². The lowest BCUT2D eigenvalue weighted by molar-refractivity contribution is -0.154. The van der Waals surface area contributed by atoms with Gasteiger partial charge < -0.3 is 15.2 Å². The molecule has 0 amide bonds. The average Bonchev–Trinajstić information content (AvgIpc) is 2.13. The van der Waals surface area contributed by atoms with Crippen LogP contribution >= 0.6 is 0 Å². The third kappa shape index (κ3) is 11.5. The van der Waals surface area contributed by atoms with Crippen molar-refractivity contribution in [3.63, 3.8) is 0 Å². The lowest BCUT2D eigenvalue weighted by atomic mass is 10.2. The van der Waals surface area contributed by atoms with Crippen molar-refractivity contribution in [2.24, 2.45) is 5.73 Å². The molecule has 0 rings (SSSR count). The Labute approximate surface area is 98.5 Å². The first kappa shape index (κ1) is 15.4. The van der Waals surface area contributed by atoms with Crippen LogP contribution in [0.2, 0.25) is 0 Å². The zero-order valence-electron chi connectivity index (χ0n) is 10.8. The van der Waals surface area contributed by atoms with Gasteiger partial charge in [0.1, 0.15) is 5.60 Å². The van der Waals surface area contributed by atoms with Gasteiger partial charge in [0, 0.05) is 19.6 Å². The van der Waals surface area contributed by atoms with Crippen LogP contribution in [-0.4, -0.2) is 31.3 Å². The van der Waals surface area contributed by atoms with Gasteiger partial charge in [0.2, 0.25) is 0 Å². The molecule has 2 N–H and O–H groups in total. The lowest BCUT2D eigenvalue weighted by Gasteiger charge is -2.19. The van der Waals surface area contributed by atoms with Crippen LogP contribution in [0.4, 0.5) is 0 Å². The first-order valence-electron chi connectivity index (χ1n) is 5.95. The first-order chi connectivity index (χ1) is 7.45. The molecule has 0 bridgehead atoms. The van der Waals surface area contributed by atoms with Crippen LogP contribution in [-0.2, 0) is 14.3 Å². The van der Waals surface area contributed by atoms with Crippen LogP contribution in [0.15, 0.2) is 0 Å². The van der Waals surface area contributed by atoms with E-state index in [0.717, 1.165) is 19.3 Å². The monoisotopic (exact) mass is 231 g/mol. The summed E-state index contributed by atoms with van der Waals surface area (Å²) in [7, 11) is 0. The lowest BCUT2D eigenvalue weighted by Crippen LogP contribution is -2.23. The van der Waals surface area contributed by atoms with E-state index >= 15 is 0 Å². The van der Waals surface area contributed by atoms with Crippen molar-refractivity contribution in [3.05, 3.63) is 0 Å². The number of hydrogen-bond acceptors (Lipinski definition) is 4. The van der Waals surface area contributed by atoms with Gasteiger partial charge in [0.25, 0.3) is 0 Å². The van der Waals surface area contributed by atoms with Gasteiger partial charge >= 0.3 is 5.97 Å². The highest BCUT2D eigenvalue weighted by Crippen LogP contribution is 2.09. The molecular formula is C12H25NO3. The number of carbonyl (C=O) groups is 1. The molecule has 0 aliphatic carbocycles. The highest BCUT2D eigenvalue weighted by molar-refractivity contribution is 5.69.